The molecule has 0 fully saturated rings. The monoisotopic (exact) mass is 438 g/mol. The molecule has 0 saturated heterocycles. The van der Waals surface area contributed by atoms with Gasteiger partial charge in [-0.3, -0.25) is 4.98 Å². The number of fused-ring (bicyclic) bond motifs is 1. The zero-order valence-electron chi connectivity index (χ0n) is 14.9. The van der Waals surface area contributed by atoms with Gasteiger partial charge in [0.05, 0.1) is 14.0 Å². The van der Waals surface area contributed by atoms with Gasteiger partial charge in [0.1, 0.15) is 5.82 Å². The van der Waals surface area contributed by atoms with E-state index in [2.05, 4.69) is 63.5 Å². The van der Waals surface area contributed by atoms with E-state index >= 15 is 0 Å². The molecule has 4 rings (SSSR count). The van der Waals surface area contributed by atoms with Gasteiger partial charge in [-0.25, -0.2) is 9.97 Å². The number of aromatic nitrogens is 3. The molecule has 0 aliphatic heterocycles. The van der Waals surface area contributed by atoms with Crippen LogP contribution in [0.2, 0.25) is 0 Å². The van der Waals surface area contributed by atoms with Gasteiger partial charge in [0, 0.05) is 30.1 Å². The number of hydrogen-bond acceptors (Lipinski definition) is 5. The lowest BCUT2D eigenvalue weighted by molar-refractivity contribution is 0.860. The second-order valence-electron chi connectivity index (χ2n) is 6.33. The fourth-order valence-electron chi connectivity index (χ4n) is 2.95. The van der Waals surface area contributed by atoms with Gasteiger partial charge >= 0.3 is 0 Å². The van der Waals surface area contributed by atoms with E-state index in [9.17, 15) is 0 Å². The molecule has 0 aliphatic rings. The van der Waals surface area contributed by atoms with E-state index in [0.29, 0.717) is 0 Å². The van der Waals surface area contributed by atoms with Crippen molar-refractivity contribution in [3.05, 3.63) is 69.8 Å². The predicted octanol–water partition coefficient (Wildman–Crippen LogP) is 5.87. The first-order valence-electron chi connectivity index (χ1n) is 8.87. The van der Waals surface area contributed by atoms with E-state index in [1.807, 2.05) is 12.1 Å². The summed E-state index contributed by atoms with van der Waals surface area (Å²) in [6.45, 7) is 2.96. The second kappa shape index (κ2) is 8.15. The van der Waals surface area contributed by atoms with Gasteiger partial charge in [0.25, 0.3) is 0 Å². The van der Waals surface area contributed by atoms with E-state index in [1.54, 1.807) is 23.7 Å². The Morgan fingerprint density at radius 3 is 2.59 bits per heavy atom. The third-order valence-electron chi connectivity index (χ3n) is 4.42. The van der Waals surface area contributed by atoms with Crippen molar-refractivity contribution in [2.45, 2.75) is 19.8 Å². The van der Waals surface area contributed by atoms with Crippen LogP contribution < -0.4 is 5.32 Å². The van der Waals surface area contributed by atoms with Crippen LogP contribution in [0.3, 0.4) is 0 Å². The Balaban J connectivity index is 1.59. The predicted molar refractivity (Wildman–Crippen MR) is 116 cm³/mol. The van der Waals surface area contributed by atoms with Crippen LogP contribution in [0, 0.1) is 6.92 Å². The van der Waals surface area contributed by atoms with Gasteiger partial charge in [-0.1, -0.05) is 30.3 Å². The minimum Gasteiger partial charge on any atom is -0.369 e. The minimum atomic E-state index is 0.726. The maximum absolute atomic E-state index is 4.81. The van der Waals surface area contributed by atoms with Crippen molar-refractivity contribution in [2.24, 2.45) is 0 Å². The first kappa shape index (κ1) is 18.1. The summed E-state index contributed by atoms with van der Waals surface area (Å²) in [6.07, 6.45) is 5.64. The van der Waals surface area contributed by atoms with Crippen LogP contribution in [0.5, 0.6) is 0 Å². The number of benzene rings is 1. The Kier molecular flexibility index (Phi) is 5.45. The van der Waals surface area contributed by atoms with Crippen molar-refractivity contribution < 1.29 is 0 Å². The number of rotatable bonds is 6. The van der Waals surface area contributed by atoms with Crippen molar-refractivity contribution in [1.29, 1.82) is 0 Å². The van der Waals surface area contributed by atoms with Crippen molar-refractivity contribution in [2.75, 3.05) is 11.9 Å². The molecule has 0 aliphatic carbocycles. The summed E-state index contributed by atoms with van der Waals surface area (Å²) in [5.41, 5.74) is 4.49. The maximum atomic E-state index is 4.81. The van der Waals surface area contributed by atoms with Gasteiger partial charge in [-0.2, -0.15) is 0 Å². The van der Waals surface area contributed by atoms with Gasteiger partial charge in [-0.05, 0) is 53.4 Å². The quantitative estimate of drug-likeness (QED) is 0.382. The van der Waals surface area contributed by atoms with Crippen molar-refractivity contribution in [1.82, 2.24) is 15.0 Å². The molecule has 136 valence electrons. The van der Waals surface area contributed by atoms with Crippen molar-refractivity contribution in [3.8, 4) is 11.4 Å². The van der Waals surface area contributed by atoms with Gasteiger partial charge < -0.3 is 5.32 Å². The minimum absolute atomic E-state index is 0.726. The number of halogens is 1. The van der Waals surface area contributed by atoms with Crippen LogP contribution in [0.25, 0.3) is 21.6 Å². The Morgan fingerprint density at radius 1 is 1.04 bits per heavy atom. The average Bonchev–Trinajstić information content (AvgIpc) is 3.01. The normalized spacial score (nSPS) is 11.0. The van der Waals surface area contributed by atoms with Crippen LogP contribution in [0.1, 0.15) is 17.5 Å². The molecule has 4 nitrogen and oxygen atoms in total. The molecule has 0 bridgehead atoms. The first-order chi connectivity index (χ1) is 13.2. The SMILES string of the molecule is Cc1c(Br)sc2c(NCCCc3ccccc3)nc(-c3ccncc3)nc12. The molecule has 3 aromatic heterocycles. The molecular formula is C21H19BrN4S. The third kappa shape index (κ3) is 4.01. The zero-order chi connectivity index (χ0) is 18.6. The summed E-state index contributed by atoms with van der Waals surface area (Å²) in [6, 6.07) is 14.5. The molecule has 0 unspecified atom stereocenters. The lowest BCUT2D eigenvalue weighted by Gasteiger charge is -2.09. The highest BCUT2D eigenvalue weighted by Gasteiger charge is 2.15. The van der Waals surface area contributed by atoms with Crippen molar-refractivity contribution >= 4 is 43.3 Å². The van der Waals surface area contributed by atoms with E-state index < -0.39 is 0 Å². The molecule has 0 amide bonds. The molecule has 1 aromatic carbocycles. The number of thiophene rings is 1. The second-order valence-corrected chi connectivity index (χ2v) is 8.66. The molecule has 4 aromatic rings. The highest BCUT2D eigenvalue weighted by atomic mass is 79.9. The summed E-state index contributed by atoms with van der Waals surface area (Å²) >= 11 is 5.33. The number of pyridine rings is 1. The highest BCUT2D eigenvalue weighted by Crippen LogP contribution is 2.38. The summed E-state index contributed by atoms with van der Waals surface area (Å²) in [5, 5.41) is 3.53. The van der Waals surface area contributed by atoms with Crippen LogP contribution in [-0.4, -0.2) is 21.5 Å². The Hall–Kier alpha value is -2.31. The molecule has 3 heterocycles. The molecule has 27 heavy (non-hydrogen) atoms. The Morgan fingerprint density at radius 2 is 1.81 bits per heavy atom. The summed E-state index contributed by atoms with van der Waals surface area (Å²) in [5.74, 6) is 1.63. The van der Waals surface area contributed by atoms with E-state index in [1.165, 1.54) is 5.56 Å². The first-order valence-corrected chi connectivity index (χ1v) is 10.5. The lowest BCUT2D eigenvalue weighted by Crippen LogP contribution is -2.06. The Bertz CT molecular complexity index is 1050. The standard InChI is InChI=1S/C21H19BrN4S/c1-14-17-18(27-19(14)22)21(24-11-5-8-15-6-3-2-4-7-15)26-20(25-17)16-9-12-23-13-10-16/h2-4,6-7,9-10,12-13H,5,8,11H2,1H3,(H,24,25,26). The van der Waals surface area contributed by atoms with Crippen molar-refractivity contribution in [3.63, 3.8) is 0 Å². The number of nitrogens with one attached hydrogen (secondary N) is 1. The zero-order valence-corrected chi connectivity index (χ0v) is 17.3. The van der Waals surface area contributed by atoms with Crippen LogP contribution in [-0.2, 0) is 6.42 Å². The van der Waals surface area contributed by atoms with Gasteiger partial charge in [0.15, 0.2) is 5.82 Å². The molecule has 1 N–H and O–H groups in total. The summed E-state index contributed by atoms with van der Waals surface area (Å²) in [7, 11) is 0. The molecule has 6 heteroatoms. The lowest BCUT2D eigenvalue weighted by atomic mass is 10.1. The average molecular weight is 439 g/mol. The number of nitrogens with zero attached hydrogens (tertiary/aromatic N) is 3. The molecule has 0 atom stereocenters. The fraction of sp³-hybridized carbons (Fsp3) is 0.190. The summed E-state index contributed by atoms with van der Waals surface area (Å²) < 4.78 is 2.20. The fourth-order valence-corrected chi connectivity index (χ4v) is 4.57. The molecule has 0 radical (unpaired) electrons. The number of aryl methyl sites for hydroxylation is 2. The smallest absolute Gasteiger partial charge is 0.162 e. The highest BCUT2D eigenvalue weighted by molar-refractivity contribution is 9.11. The summed E-state index contributed by atoms with van der Waals surface area (Å²) in [4.78, 5) is 13.7. The molecule has 0 saturated carbocycles. The van der Waals surface area contributed by atoms with Crippen LogP contribution in [0.15, 0.2) is 58.6 Å². The third-order valence-corrected chi connectivity index (χ3v) is 6.58. The van der Waals surface area contributed by atoms with E-state index in [0.717, 1.165) is 56.2 Å². The topological polar surface area (TPSA) is 50.7 Å². The molecule has 0 spiro atoms. The largest absolute Gasteiger partial charge is 0.369 e. The van der Waals surface area contributed by atoms with Crippen LogP contribution in [0.4, 0.5) is 5.82 Å². The van der Waals surface area contributed by atoms with Gasteiger partial charge in [0.2, 0.25) is 0 Å². The van der Waals surface area contributed by atoms with E-state index in [4.69, 9.17) is 9.97 Å². The molecular weight excluding hydrogens is 420 g/mol. The maximum Gasteiger partial charge on any atom is 0.162 e. The number of hydrogen-bond donors (Lipinski definition) is 1. The Labute approximate surface area is 170 Å². The van der Waals surface area contributed by atoms with Gasteiger partial charge in [-0.15, -0.1) is 11.3 Å². The van der Waals surface area contributed by atoms with Crippen LogP contribution >= 0.6 is 27.3 Å². The number of anilines is 1. The van der Waals surface area contributed by atoms with E-state index in [-0.39, 0.29) is 0 Å².